The van der Waals surface area contributed by atoms with E-state index >= 15 is 0 Å². The number of hydrogen-bond donors (Lipinski definition) is 1. The Morgan fingerprint density at radius 3 is 2.70 bits per heavy atom. The number of rotatable bonds is 4. The third-order valence-corrected chi connectivity index (χ3v) is 3.72. The van der Waals surface area contributed by atoms with Gasteiger partial charge in [0.1, 0.15) is 5.82 Å². The van der Waals surface area contributed by atoms with Gasteiger partial charge in [-0.2, -0.15) is 0 Å². The number of amides is 1. The van der Waals surface area contributed by atoms with Crippen LogP contribution in [0.1, 0.15) is 21.9 Å². The predicted octanol–water partition coefficient (Wildman–Crippen LogP) is 2.55. The van der Waals surface area contributed by atoms with Crippen molar-refractivity contribution in [2.75, 3.05) is 0 Å². The zero-order chi connectivity index (χ0) is 16.2. The maximum atomic E-state index is 12.1. The van der Waals surface area contributed by atoms with Crippen molar-refractivity contribution >= 4 is 17.5 Å². The molecule has 2 aromatic heterocycles. The molecule has 2 heterocycles. The first kappa shape index (κ1) is 15.2. The number of aromatic nitrogens is 4. The van der Waals surface area contributed by atoms with E-state index in [4.69, 9.17) is 11.6 Å². The number of imidazole rings is 1. The van der Waals surface area contributed by atoms with E-state index in [0.29, 0.717) is 17.4 Å². The fraction of sp³-hybridized carbons (Fsp3) is 0.125. The smallest absolute Gasteiger partial charge is 0.272 e. The second-order valence-corrected chi connectivity index (χ2v) is 5.30. The lowest BCUT2D eigenvalue weighted by atomic mass is 10.2. The predicted molar refractivity (Wildman–Crippen MR) is 86.5 cm³/mol. The van der Waals surface area contributed by atoms with Crippen molar-refractivity contribution in [1.82, 2.24) is 25.1 Å². The van der Waals surface area contributed by atoms with Gasteiger partial charge in [-0.1, -0.05) is 29.8 Å². The van der Waals surface area contributed by atoms with Crippen LogP contribution in [0.5, 0.6) is 0 Å². The fourth-order valence-electron chi connectivity index (χ4n) is 2.10. The van der Waals surface area contributed by atoms with Crippen LogP contribution in [0.4, 0.5) is 0 Å². The van der Waals surface area contributed by atoms with Gasteiger partial charge in [0.25, 0.3) is 5.91 Å². The Morgan fingerprint density at radius 1 is 1.22 bits per heavy atom. The third kappa shape index (κ3) is 3.37. The van der Waals surface area contributed by atoms with Gasteiger partial charge in [-0.3, -0.25) is 9.36 Å². The number of carbonyl (C=O) groups excluding carboxylic acids is 1. The highest BCUT2D eigenvalue weighted by atomic mass is 35.5. The molecule has 1 amide bonds. The SMILES string of the molecule is Cc1nccn1-c1ccc(C(=O)NCc2ccccc2Cl)nn1. The van der Waals surface area contributed by atoms with Crippen LogP contribution >= 0.6 is 11.6 Å². The van der Waals surface area contributed by atoms with E-state index in [1.54, 1.807) is 35.2 Å². The van der Waals surface area contributed by atoms with Gasteiger partial charge in [0, 0.05) is 24.0 Å². The zero-order valence-corrected chi connectivity index (χ0v) is 13.2. The molecule has 0 saturated heterocycles. The molecule has 3 rings (SSSR count). The van der Waals surface area contributed by atoms with E-state index in [9.17, 15) is 4.79 Å². The van der Waals surface area contributed by atoms with E-state index in [2.05, 4.69) is 20.5 Å². The molecule has 116 valence electrons. The highest BCUT2D eigenvalue weighted by Gasteiger charge is 2.10. The van der Waals surface area contributed by atoms with Gasteiger partial charge in [0.05, 0.1) is 0 Å². The van der Waals surface area contributed by atoms with Crippen molar-refractivity contribution in [3.05, 3.63) is 70.9 Å². The Balaban J connectivity index is 1.69. The molecule has 0 atom stereocenters. The number of nitrogens with one attached hydrogen (secondary N) is 1. The second kappa shape index (κ2) is 6.58. The van der Waals surface area contributed by atoms with Crippen molar-refractivity contribution in [3.63, 3.8) is 0 Å². The second-order valence-electron chi connectivity index (χ2n) is 4.90. The average Bonchev–Trinajstić information content (AvgIpc) is 3.00. The molecule has 3 aromatic rings. The van der Waals surface area contributed by atoms with E-state index in [-0.39, 0.29) is 11.6 Å². The largest absolute Gasteiger partial charge is 0.347 e. The zero-order valence-electron chi connectivity index (χ0n) is 12.4. The highest BCUT2D eigenvalue weighted by molar-refractivity contribution is 6.31. The Morgan fingerprint density at radius 2 is 2.04 bits per heavy atom. The van der Waals surface area contributed by atoms with Crippen LogP contribution in [-0.4, -0.2) is 25.7 Å². The van der Waals surface area contributed by atoms with Gasteiger partial charge in [0.15, 0.2) is 11.5 Å². The fourth-order valence-corrected chi connectivity index (χ4v) is 2.31. The minimum absolute atomic E-state index is 0.249. The molecular formula is C16H14ClN5O. The van der Waals surface area contributed by atoms with Crippen LogP contribution in [-0.2, 0) is 6.54 Å². The van der Waals surface area contributed by atoms with Crippen LogP contribution in [0, 0.1) is 6.92 Å². The van der Waals surface area contributed by atoms with Crippen LogP contribution in [0.2, 0.25) is 5.02 Å². The quantitative estimate of drug-likeness (QED) is 0.799. The summed E-state index contributed by atoms with van der Waals surface area (Å²) in [4.78, 5) is 16.2. The summed E-state index contributed by atoms with van der Waals surface area (Å²) in [6.45, 7) is 2.20. The maximum absolute atomic E-state index is 12.1. The summed E-state index contributed by atoms with van der Waals surface area (Å²) in [6, 6.07) is 10.7. The van der Waals surface area contributed by atoms with Crippen molar-refractivity contribution in [2.24, 2.45) is 0 Å². The van der Waals surface area contributed by atoms with E-state index in [0.717, 1.165) is 11.4 Å². The molecule has 0 fully saturated rings. The lowest BCUT2D eigenvalue weighted by Crippen LogP contribution is -2.24. The van der Waals surface area contributed by atoms with E-state index in [1.807, 2.05) is 25.1 Å². The third-order valence-electron chi connectivity index (χ3n) is 3.35. The minimum atomic E-state index is -0.300. The Labute approximate surface area is 138 Å². The summed E-state index contributed by atoms with van der Waals surface area (Å²) in [5.74, 6) is 1.11. The molecule has 0 saturated carbocycles. The Kier molecular flexibility index (Phi) is 4.34. The van der Waals surface area contributed by atoms with Crippen LogP contribution < -0.4 is 5.32 Å². The van der Waals surface area contributed by atoms with Gasteiger partial charge in [-0.15, -0.1) is 10.2 Å². The Bertz CT molecular complexity index is 828. The molecule has 6 nitrogen and oxygen atoms in total. The van der Waals surface area contributed by atoms with Gasteiger partial charge in [-0.05, 0) is 30.7 Å². The maximum Gasteiger partial charge on any atom is 0.272 e. The van der Waals surface area contributed by atoms with E-state index < -0.39 is 0 Å². The molecule has 1 aromatic carbocycles. The molecule has 0 unspecified atom stereocenters. The number of aryl methyl sites for hydroxylation is 1. The van der Waals surface area contributed by atoms with Crippen molar-refractivity contribution in [1.29, 1.82) is 0 Å². The minimum Gasteiger partial charge on any atom is -0.347 e. The monoisotopic (exact) mass is 327 g/mol. The van der Waals surface area contributed by atoms with Crippen LogP contribution in [0.3, 0.4) is 0 Å². The average molecular weight is 328 g/mol. The van der Waals surface area contributed by atoms with Gasteiger partial charge in [0.2, 0.25) is 0 Å². The molecular weight excluding hydrogens is 314 g/mol. The first-order valence-electron chi connectivity index (χ1n) is 7.01. The van der Waals surface area contributed by atoms with Gasteiger partial charge in [-0.25, -0.2) is 4.98 Å². The number of hydrogen-bond acceptors (Lipinski definition) is 4. The van der Waals surface area contributed by atoms with Crippen LogP contribution in [0.15, 0.2) is 48.8 Å². The van der Waals surface area contributed by atoms with Crippen LogP contribution in [0.25, 0.3) is 5.82 Å². The number of halogens is 1. The summed E-state index contributed by atoms with van der Waals surface area (Å²) in [6.07, 6.45) is 3.47. The normalized spacial score (nSPS) is 10.5. The van der Waals surface area contributed by atoms with Gasteiger partial charge >= 0.3 is 0 Å². The van der Waals surface area contributed by atoms with E-state index in [1.165, 1.54) is 0 Å². The molecule has 0 aliphatic heterocycles. The van der Waals surface area contributed by atoms with Crippen molar-refractivity contribution in [2.45, 2.75) is 13.5 Å². The molecule has 7 heteroatoms. The number of benzene rings is 1. The first-order valence-corrected chi connectivity index (χ1v) is 7.38. The molecule has 23 heavy (non-hydrogen) atoms. The molecule has 0 aliphatic rings. The molecule has 0 bridgehead atoms. The summed E-state index contributed by atoms with van der Waals surface area (Å²) in [5, 5.41) is 11.4. The molecule has 0 radical (unpaired) electrons. The van der Waals surface area contributed by atoms with Crippen molar-refractivity contribution in [3.8, 4) is 5.82 Å². The molecule has 0 aliphatic carbocycles. The summed E-state index contributed by atoms with van der Waals surface area (Å²) in [7, 11) is 0. The summed E-state index contributed by atoms with van der Waals surface area (Å²) >= 11 is 6.06. The van der Waals surface area contributed by atoms with Crippen molar-refractivity contribution < 1.29 is 4.79 Å². The van der Waals surface area contributed by atoms with Gasteiger partial charge < -0.3 is 5.32 Å². The Hall–Kier alpha value is -2.73. The molecule has 0 spiro atoms. The molecule has 1 N–H and O–H groups in total. The first-order chi connectivity index (χ1) is 11.1. The number of nitrogens with zero attached hydrogens (tertiary/aromatic N) is 4. The summed E-state index contributed by atoms with van der Waals surface area (Å²) in [5.41, 5.74) is 1.10. The standard InChI is InChI=1S/C16H14ClN5O/c1-11-18-8-9-22(11)15-7-6-14(20-21-15)16(23)19-10-12-4-2-3-5-13(12)17/h2-9H,10H2,1H3,(H,19,23). The topological polar surface area (TPSA) is 72.7 Å². The lowest BCUT2D eigenvalue weighted by Gasteiger charge is -2.07. The summed E-state index contributed by atoms with van der Waals surface area (Å²) < 4.78 is 1.79. The number of carbonyl (C=O) groups is 1. The highest BCUT2D eigenvalue weighted by Crippen LogP contribution is 2.14. The lowest BCUT2D eigenvalue weighted by molar-refractivity contribution is 0.0945.